The van der Waals surface area contributed by atoms with Gasteiger partial charge in [0.15, 0.2) is 11.1 Å². The molecule has 0 atom stereocenters. The molecule has 0 bridgehead atoms. The van der Waals surface area contributed by atoms with Gasteiger partial charge in [0, 0.05) is 25.7 Å². The van der Waals surface area contributed by atoms with Crippen molar-refractivity contribution >= 4 is 38.7 Å². The minimum atomic E-state index is -0.237. The number of carbonyl (C=O) groups excluding carboxylic acids is 1. The molecule has 1 amide bonds. The fourth-order valence-electron chi connectivity index (χ4n) is 2.96. The highest BCUT2D eigenvalue weighted by atomic mass is 32.1. The second kappa shape index (κ2) is 9.40. The topological polar surface area (TPSA) is 105 Å². The van der Waals surface area contributed by atoms with Crippen LogP contribution in [0.3, 0.4) is 0 Å². The van der Waals surface area contributed by atoms with Gasteiger partial charge >= 0.3 is 6.09 Å². The number of thiazole rings is 1. The summed E-state index contributed by atoms with van der Waals surface area (Å²) in [5, 5.41) is 7.41. The molecule has 1 aliphatic heterocycles. The molecule has 0 radical (unpaired) electrons. The van der Waals surface area contributed by atoms with Crippen molar-refractivity contribution in [2.45, 2.75) is 25.8 Å². The van der Waals surface area contributed by atoms with Crippen molar-refractivity contribution in [3.05, 3.63) is 24.3 Å². The van der Waals surface area contributed by atoms with Crippen molar-refractivity contribution in [2.24, 2.45) is 10.7 Å². The summed E-state index contributed by atoms with van der Waals surface area (Å²) < 4.78 is 6.19. The number of amides is 1. The molecule has 1 saturated heterocycles. The Morgan fingerprint density at radius 2 is 2.19 bits per heavy atom. The van der Waals surface area contributed by atoms with E-state index in [1.54, 1.807) is 16.2 Å². The minimum Gasteiger partial charge on any atom is -0.450 e. The first-order valence-electron chi connectivity index (χ1n) is 9.23. The number of hydrogen-bond acceptors (Lipinski definition) is 6. The lowest BCUT2D eigenvalue weighted by atomic mass is 10.1. The molecule has 146 valence electrons. The van der Waals surface area contributed by atoms with Gasteiger partial charge < -0.3 is 26.0 Å². The van der Waals surface area contributed by atoms with Gasteiger partial charge in [0.25, 0.3) is 0 Å². The monoisotopic (exact) mass is 390 g/mol. The van der Waals surface area contributed by atoms with E-state index in [9.17, 15) is 4.79 Å². The lowest BCUT2D eigenvalue weighted by molar-refractivity contribution is 0.0963. The highest BCUT2D eigenvalue weighted by molar-refractivity contribution is 7.22. The van der Waals surface area contributed by atoms with E-state index in [4.69, 9.17) is 10.5 Å². The van der Waals surface area contributed by atoms with Gasteiger partial charge in [0.05, 0.1) is 23.4 Å². The first-order chi connectivity index (χ1) is 13.2. The molecule has 2 aromatic rings. The lowest BCUT2D eigenvalue weighted by Gasteiger charge is -2.31. The number of nitrogens with one attached hydrogen (secondary N) is 2. The van der Waals surface area contributed by atoms with Crippen LogP contribution < -0.4 is 16.4 Å². The van der Waals surface area contributed by atoms with Gasteiger partial charge in [-0.1, -0.05) is 23.5 Å². The molecule has 9 heteroatoms. The second-order valence-corrected chi connectivity index (χ2v) is 7.32. The molecule has 1 aliphatic rings. The normalized spacial score (nSPS) is 15.7. The van der Waals surface area contributed by atoms with Crippen LogP contribution in [-0.4, -0.2) is 60.8 Å². The Balaban J connectivity index is 1.36. The van der Waals surface area contributed by atoms with Crippen LogP contribution in [0.5, 0.6) is 0 Å². The van der Waals surface area contributed by atoms with Crippen LogP contribution in [0.2, 0.25) is 0 Å². The first-order valence-corrected chi connectivity index (χ1v) is 10.0. The van der Waals surface area contributed by atoms with Crippen LogP contribution in [0.25, 0.3) is 10.2 Å². The van der Waals surface area contributed by atoms with Crippen LogP contribution in [0.1, 0.15) is 19.8 Å². The largest absolute Gasteiger partial charge is 0.450 e. The SMILES string of the molecule is CCOC(=O)N1CCC(NC(N)=NCCNc2nc3ccccc3s2)CC1. The number of rotatable bonds is 6. The number of ether oxygens (including phenoxy) is 1. The average Bonchev–Trinajstić information content (AvgIpc) is 3.09. The second-order valence-electron chi connectivity index (χ2n) is 6.29. The Hall–Kier alpha value is -2.55. The van der Waals surface area contributed by atoms with E-state index in [0.717, 1.165) is 23.5 Å². The number of piperidine rings is 1. The quantitative estimate of drug-likeness (QED) is 0.397. The Labute approximate surface area is 162 Å². The highest BCUT2D eigenvalue weighted by Crippen LogP contribution is 2.24. The number of aromatic nitrogens is 1. The molecule has 0 saturated carbocycles. The first kappa shape index (κ1) is 19.2. The molecular formula is C18H26N6O2S. The summed E-state index contributed by atoms with van der Waals surface area (Å²) in [6.07, 6.45) is 1.43. The molecule has 0 aliphatic carbocycles. The van der Waals surface area contributed by atoms with Crippen LogP contribution in [0.15, 0.2) is 29.3 Å². The van der Waals surface area contributed by atoms with Crippen LogP contribution in [-0.2, 0) is 4.74 Å². The van der Waals surface area contributed by atoms with E-state index >= 15 is 0 Å². The van der Waals surface area contributed by atoms with E-state index in [1.165, 1.54) is 4.70 Å². The molecular weight excluding hydrogens is 364 g/mol. The van der Waals surface area contributed by atoms with Crippen molar-refractivity contribution in [3.8, 4) is 0 Å². The summed E-state index contributed by atoms with van der Waals surface area (Å²) in [4.78, 5) is 22.3. The summed E-state index contributed by atoms with van der Waals surface area (Å²) in [5.41, 5.74) is 6.98. The standard InChI is InChI=1S/C18H26N6O2S/c1-2-26-18(25)24-11-7-13(8-12-24)22-16(19)20-9-10-21-17-23-14-5-3-4-6-15(14)27-17/h3-6,13H,2,7-12H2,1H3,(H,21,23)(H3,19,20,22). The number of benzene rings is 1. The number of para-hydroxylation sites is 1. The van der Waals surface area contributed by atoms with Crippen LogP contribution >= 0.6 is 11.3 Å². The number of likely N-dealkylation sites (tertiary alicyclic amines) is 1. The van der Waals surface area contributed by atoms with Gasteiger partial charge in [-0.05, 0) is 31.9 Å². The predicted octanol–water partition coefficient (Wildman–Crippen LogP) is 2.23. The number of anilines is 1. The number of carbonyl (C=O) groups is 1. The lowest BCUT2D eigenvalue weighted by Crippen LogP contribution is -2.48. The smallest absolute Gasteiger partial charge is 0.409 e. The molecule has 0 spiro atoms. The highest BCUT2D eigenvalue weighted by Gasteiger charge is 2.23. The van der Waals surface area contributed by atoms with E-state index in [-0.39, 0.29) is 12.1 Å². The van der Waals surface area contributed by atoms with Crippen molar-refractivity contribution in [2.75, 3.05) is 38.1 Å². The molecule has 1 aromatic carbocycles. The zero-order chi connectivity index (χ0) is 19.1. The average molecular weight is 391 g/mol. The van der Waals surface area contributed by atoms with E-state index in [1.807, 2.05) is 25.1 Å². The Morgan fingerprint density at radius 1 is 1.41 bits per heavy atom. The summed E-state index contributed by atoms with van der Waals surface area (Å²) >= 11 is 1.63. The number of aliphatic imine (C=N–C) groups is 1. The molecule has 2 heterocycles. The van der Waals surface area contributed by atoms with Crippen molar-refractivity contribution in [3.63, 3.8) is 0 Å². The molecule has 4 N–H and O–H groups in total. The van der Waals surface area contributed by atoms with Gasteiger partial charge in [-0.2, -0.15) is 0 Å². The molecule has 8 nitrogen and oxygen atoms in total. The van der Waals surface area contributed by atoms with Crippen LogP contribution in [0, 0.1) is 0 Å². The molecule has 3 rings (SSSR count). The maximum Gasteiger partial charge on any atom is 0.409 e. The fraction of sp³-hybridized carbons (Fsp3) is 0.500. The van der Waals surface area contributed by atoms with Gasteiger partial charge in [-0.25, -0.2) is 9.78 Å². The number of nitrogens with zero attached hydrogens (tertiary/aromatic N) is 3. The van der Waals surface area contributed by atoms with E-state index in [0.29, 0.717) is 38.7 Å². The third kappa shape index (κ3) is 5.46. The summed E-state index contributed by atoms with van der Waals surface area (Å²) in [5.74, 6) is 0.440. The van der Waals surface area contributed by atoms with Gasteiger partial charge in [0.1, 0.15) is 0 Å². The zero-order valence-corrected chi connectivity index (χ0v) is 16.3. The zero-order valence-electron chi connectivity index (χ0n) is 15.5. The Kier molecular flexibility index (Phi) is 6.69. The third-order valence-electron chi connectivity index (χ3n) is 4.34. The fourth-order valence-corrected chi connectivity index (χ4v) is 3.85. The molecule has 27 heavy (non-hydrogen) atoms. The predicted molar refractivity (Wildman–Crippen MR) is 109 cm³/mol. The van der Waals surface area contributed by atoms with Gasteiger partial charge in [0.2, 0.25) is 0 Å². The van der Waals surface area contributed by atoms with Crippen molar-refractivity contribution in [1.29, 1.82) is 0 Å². The number of hydrogen-bond donors (Lipinski definition) is 3. The summed E-state index contributed by atoms with van der Waals surface area (Å²) in [6.45, 7) is 4.79. The molecule has 1 fully saturated rings. The number of fused-ring (bicyclic) bond motifs is 1. The third-order valence-corrected chi connectivity index (χ3v) is 5.33. The Bertz CT molecular complexity index is 752. The van der Waals surface area contributed by atoms with Crippen molar-refractivity contribution in [1.82, 2.24) is 15.2 Å². The molecule has 0 unspecified atom stereocenters. The van der Waals surface area contributed by atoms with E-state index < -0.39 is 0 Å². The Morgan fingerprint density at radius 3 is 2.93 bits per heavy atom. The maximum absolute atomic E-state index is 11.7. The van der Waals surface area contributed by atoms with Crippen molar-refractivity contribution < 1.29 is 9.53 Å². The molecule has 1 aromatic heterocycles. The van der Waals surface area contributed by atoms with E-state index in [2.05, 4.69) is 26.7 Å². The number of nitrogens with two attached hydrogens (primary N) is 1. The van der Waals surface area contributed by atoms with Crippen LogP contribution in [0.4, 0.5) is 9.93 Å². The summed E-state index contributed by atoms with van der Waals surface area (Å²) in [7, 11) is 0. The van der Waals surface area contributed by atoms with Gasteiger partial charge in [-0.3, -0.25) is 4.99 Å². The van der Waals surface area contributed by atoms with Gasteiger partial charge in [-0.15, -0.1) is 0 Å². The number of guanidine groups is 1. The minimum absolute atomic E-state index is 0.233. The maximum atomic E-state index is 11.7. The summed E-state index contributed by atoms with van der Waals surface area (Å²) in [6, 6.07) is 8.30.